The number of fused-ring (bicyclic) bond motifs is 1. The summed E-state index contributed by atoms with van der Waals surface area (Å²) in [6.07, 6.45) is 2.81. The lowest BCUT2D eigenvalue weighted by Gasteiger charge is -2.13. The van der Waals surface area contributed by atoms with Crippen LogP contribution >= 0.6 is 0 Å². The Hall–Kier alpha value is -2.84. The average Bonchev–Trinajstić information content (AvgIpc) is 3.48. The Morgan fingerprint density at radius 3 is 2.52 bits per heavy atom. The average molecular weight is 382 g/mol. The summed E-state index contributed by atoms with van der Waals surface area (Å²) in [7, 11) is 0. The van der Waals surface area contributed by atoms with Crippen molar-refractivity contribution >= 4 is 39.9 Å². The number of anilines is 2. The Morgan fingerprint density at radius 2 is 1.85 bits per heavy atom. The maximum atomic E-state index is 10.9. The second kappa shape index (κ2) is 7.42. The fraction of sp³-hybridized carbons (Fsp3) is 0.211. The highest BCUT2D eigenvalue weighted by molar-refractivity contribution is 7.78. The number of nitrogens with one attached hydrogen (secondary N) is 2. The minimum atomic E-state index is -1.85. The zero-order valence-corrected chi connectivity index (χ0v) is 15.2. The third-order valence-corrected chi connectivity index (χ3v) is 5.04. The quantitative estimate of drug-likeness (QED) is 0.428. The van der Waals surface area contributed by atoms with E-state index in [9.17, 15) is 9.00 Å². The predicted octanol–water partition coefficient (Wildman–Crippen LogP) is 3.16. The smallest absolute Gasteiger partial charge is 0.212 e. The van der Waals surface area contributed by atoms with E-state index in [0.717, 1.165) is 46.1 Å². The lowest BCUT2D eigenvalue weighted by molar-refractivity contribution is -0.105. The fourth-order valence-corrected chi connectivity index (χ4v) is 3.44. The zero-order chi connectivity index (χ0) is 18.8. The van der Waals surface area contributed by atoms with Gasteiger partial charge >= 0.3 is 0 Å². The standard InChI is InChI=1S/C19H18N4O3S/c24-11-20-19-18(21-15-6-7-15)16-8-5-14(9-17(16)22-23-19)13-3-1-12(2-4-13)10-27(25)26/h1-5,8-9,11,15H,6-7,10H2,(H,21,22)(H,25,26)(H,20,23,24). The Bertz CT molecular complexity index is 1020. The maximum Gasteiger partial charge on any atom is 0.212 e. The summed E-state index contributed by atoms with van der Waals surface area (Å²) in [6.45, 7) is 0. The molecule has 8 heteroatoms. The zero-order valence-electron chi connectivity index (χ0n) is 14.4. The van der Waals surface area contributed by atoms with E-state index in [0.29, 0.717) is 18.3 Å². The van der Waals surface area contributed by atoms with Crippen LogP contribution in [0.4, 0.5) is 11.5 Å². The number of carbonyl (C=O) groups is 1. The van der Waals surface area contributed by atoms with Gasteiger partial charge in [0.2, 0.25) is 6.41 Å². The normalized spacial score (nSPS) is 14.7. The van der Waals surface area contributed by atoms with Crippen LogP contribution in [0.15, 0.2) is 42.5 Å². The molecule has 2 aromatic carbocycles. The summed E-state index contributed by atoms with van der Waals surface area (Å²) in [5, 5.41) is 15.3. The van der Waals surface area contributed by atoms with Gasteiger partial charge in [-0.15, -0.1) is 10.2 Å². The molecule has 0 radical (unpaired) electrons. The van der Waals surface area contributed by atoms with Gasteiger partial charge in [0.25, 0.3) is 0 Å². The molecule has 0 aliphatic heterocycles. The van der Waals surface area contributed by atoms with E-state index >= 15 is 0 Å². The van der Waals surface area contributed by atoms with E-state index in [1.165, 1.54) is 0 Å². The molecule has 1 unspecified atom stereocenters. The first-order valence-electron chi connectivity index (χ1n) is 8.58. The van der Waals surface area contributed by atoms with E-state index in [2.05, 4.69) is 20.8 Å². The van der Waals surface area contributed by atoms with Crippen LogP contribution < -0.4 is 10.6 Å². The minimum absolute atomic E-state index is 0.117. The molecule has 1 aliphatic rings. The van der Waals surface area contributed by atoms with Gasteiger partial charge in [0.1, 0.15) is 0 Å². The van der Waals surface area contributed by atoms with Gasteiger partial charge in [-0.05, 0) is 41.7 Å². The second-order valence-corrected chi connectivity index (χ2v) is 7.43. The number of rotatable bonds is 7. The van der Waals surface area contributed by atoms with E-state index in [4.69, 9.17) is 4.55 Å². The molecule has 1 saturated carbocycles. The van der Waals surface area contributed by atoms with Crippen LogP contribution in [0.3, 0.4) is 0 Å². The molecule has 4 rings (SSSR count). The first-order valence-corrected chi connectivity index (χ1v) is 9.85. The molecule has 0 spiro atoms. The second-order valence-electron chi connectivity index (χ2n) is 6.50. The van der Waals surface area contributed by atoms with Gasteiger partial charge in [-0.1, -0.05) is 30.3 Å². The molecule has 1 aromatic heterocycles. The van der Waals surface area contributed by atoms with Crippen molar-refractivity contribution in [3.63, 3.8) is 0 Å². The summed E-state index contributed by atoms with van der Waals surface area (Å²) < 4.78 is 19.9. The summed E-state index contributed by atoms with van der Waals surface area (Å²) in [6, 6.07) is 13.8. The summed E-state index contributed by atoms with van der Waals surface area (Å²) in [4.78, 5) is 10.9. The van der Waals surface area contributed by atoms with E-state index < -0.39 is 11.1 Å². The Kier molecular flexibility index (Phi) is 4.83. The third kappa shape index (κ3) is 3.96. The van der Waals surface area contributed by atoms with Gasteiger partial charge in [-0.3, -0.25) is 4.79 Å². The molecular weight excluding hydrogens is 364 g/mol. The van der Waals surface area contributed by atoms with Gasteiger partial charge in [0.05, 0.1) is 17.0 Å². The van der Waals surface area contributed by atoms with Crippen LogP contribution in [0.25, 0.3) is 22.0 Å². The summed E-state index contributed by atoms with van der Waals surface area (Å²) >= 11 is -1.85. The third-order valence-electron chi connectivity index (χ3n) is 4.46. The molecule has 1 amide bonds. The molecular formula is C19H18N4O3S. The molecule has 3 aromatic rings. The Morgan fingerprint density at radius 1 is 1.11 bits per heavy atom. The highest BCUT2D eigenvalue weighted by Gasteiger charge is 2.24. The van der Waals surface area contributed by atoms with E-state index in [1.807, 2.05) is 42.5 Å². The SMILES string of the molecule is O=CNc1nnc2cc(-c3ccc(CS(=O)O)cc3)ccc2c1NC1CC1. The number of amides is 1. The predicted molar refractivity (Wildman–Crippen MR) is 106 cm³/mol. The van der Waals surface area contributed by atoms with E-state index in [1.54, 1.807) is 0 Å². The van der Waals surface area contributed by atoms with Crippen molar-refractivity contribution in [2.24, 2.45) is 0 Å². The number of benzene rings is 2. The van der Waals surface area contributed by atoms with Crippen molar-refractivity contribution in [2.45, 2.75) is 24.6 Å². The van der Waals surface area contributed by atoms with Crippen LogP contribution in [0.5, 0.6) is 0 Å². The van der Waals surface area contributed by atoms with Gasteiger partial charge < -0.3 is 15.2 Å². The van der Waals surface area contributed by atoms with Crippen LogP contribution in [-0.2, 0) is 21.6 Å². The fourth-order valence-electron chi connectivity index (χ4n) is 2.96. The van der Waals surface area contributed by atoms with Crippen molar-refractivity contribution < 1.29 is 13.6 Å². The first kappa shape index (κ1) is 17.6. The number of nitrogens with zero attached hydrogens (tertiary/aromatic N) is 2. The number of carbonyl (C=O) groups excluding carboxylic acids is 1. The number of hydrogen-bond acceptors (Lipinski definition) is 5. The van der Waals surface area contributed by atoms with Crippen LogP contribution in [-0.4, -0.2) is 31.4 Å². The van der Waals surface area contributed by atoms with Crippen molar-refractivity contribution in [3.05, 3.63) is 48.0 Å². The van der Waals surface area contributed by atoms with Crippen LogP contribution in [0.1, 0.15) is 18.4 Å². The summed E-state index contributed by atoms with van der Waals surface area (Å²) in [5.74, 6) is 0.546. The molecule has 1 heterocycles. The highest BCUT2D eigenvalue weighted by Crippen LogP contribution is 2.35. The Balaban J connectivity index is 1.70. The van der Waals surface area contributed by atoms with Crippen molar-refractivity contribution in [3.8, 4) is 11.1 Å². The Labute approximate surface area is 158 Å². The van der Waals surface area contributed by atoms with Crippen LogP contribution in [0.2, 0.25) is 0 Å². The molecule has 0 bridgehead atoms. The van der Waals surface area contributed by atoms with Crippen molar-refractivity contribution in [2.75, 3.05) is 10.6 Å². The topological polar surface area (TPSA) is 104 Å². The number of hydrogen-bond donors (Lipinski definition) is 3. The lowest BCUT2D eigenvalue weighted by Crippen LogP contribution is -2.09. The van der Waals surface area contributed by atoms with Gasteiger partial charge in [0, 0.05) is 11.4 Å². The van der Waals surface area contributed by atoms with Crippen LogP contribution in [0, 0.1) is 0 Å². The first-order chi connectivity index (χ1) is 13.1. The van der Waals surface area contributed by atoms with Gasteiger partial charge in [-0.2, -0.15) is 0 Å². The monoisotopic (exact) mass is 382 g/mol. The van der Waals surface area contributed by atoms with Crippen molar-refractivity contribution in [1.29, 1.82) is 0 Å². The summed E-state index contributed by atoms with van der Waals surface area (Å²) in [5.41, 5.74) is 4.29. The molecule has 0 saturated heterocycles. The molecule has 1 atom stereocenters. The maximum absolute atomic E-state index is 10.9. The van der Waals surface area contributed by atoms with Gasteiger partial charge in [0.15, 0.2) is 16.9 Å². The highest BCUT2D eigenvalue weighted by atomic mass is 32.2. The van der Waals surface area contributed by atoms with Gasteiger partial charge in [-0.25, -0.2) is 4.21 Å². The molecule has 1 aliphatic carbocycles. The number of aromatic nitrogens is 2. The van der Waals surface area contributed by atoms with E-state index in [-0.39, 0.29) is 5.75 Å². The molecule has 3 N–H and O–H groups in total. The largest absolute Gasteiger partial charge is 0.379 e. The molecule has 7 nitrogen and oxygen atoms in total. The lowest BCUT2D eigenvalue weighted by atomic mass is 10.0. The molecule has 138 valence electrons. The minimum Gasteiger partial charge on any atom is -0.379 e. The van der Waals surface area contributed by atoms with Crippen molar-refractivity contribution in [1.82, 2.24) is 10.2 Å². The molecule has 1 fully saturated rings. The molecule has 27 heavy (non-hydrogen) atoms.